The zero-order valence-electron chi connectivity index (χ0n) is 11.3. The van der Waals surface area contributed by atoms with Crippen LogP contribution in [0.3, 0.4) is 0 Å². The minimum atomic E-state index is 0.681. The molecule has 0 aromatic heterocycles. The summed E-state index contributed by atoms with van der Waals surface area (Å²) in [6, 6.07) is 0. The third-order valence-corrected chi connectivity index (χ3v) is 6.78. The molecule has 0 aromatic rings. The molecule has 0 radical (unpaired) electrons. The van der Waals surface area contributed by atoms with Gasteiger partial charge in [-0.3, -0.25) is 4.90 Å². The highest BCUT2D eigenvalue weighted by atomic mass is 15.2. The summed E-state index contributed by atoms with van der Waals surface area (Å²) in [5, 5.41) is 0. The van der Waals surface area contributed by atoms with Gasteiger partial charge in [-0.05, 0) is 81.7 Å². The number of rotatable bonds is 1. The highest BCUT2D eigenvalue weighted by Gasteiger charge is 2.59. The largest absolute Gasteiger partial charge is 0.297 e. The third kappa shape index (κ3) is 1.35. The Morgan fingerprint density at radius 3 is 2.18 bits per heavy atom. The van der Waals surface area contributed by atoms with Gasteiger partial charge in [0.1, 0.15) is 0 Å². The molecular formula is C16H27N. The first-order chi connectivity index (χ1) is 8.33. The molecule has 0 amide bonds. The smallest absolute Gasteiger partial charge is 0.0266 e. The Labute approximate surface area is 106 Å². The first-order valence-electron chi connectivity index (χ1n) is 8.08. The molecule has 96 valence electrons. The van der Waals surface area contributed by atoms with Crippen LogP contribution in [0.2, 0.25) is 0 Å². The van der Waals surface area contributed by atoms with Crippen molar-refractivity contribution in [2.75, 3.05) is 13.1 Å². The minimum Gasteiger partial charge on any atom is -0.297 e. The predicted octanol–water partition coefficient (Wildman–Crippen LogP) is 3.69. The summed E-state index contributed by atoms with van der Waals surface area (Å²) in [6.07, 6.45) is 12.4. The van der Waals surface area contributed by atoms with Gasteiger partial charge in [-0.15, -0.1) is 0 Å². The lowest BCUT2D eigenvalue weighted by molar-refractivity contribution is -0.150. The number of nitrogens with zero attached hydrogens (tertiary/aromatic N) is 1. The second kappa shape index (κ2) is 3.73. The van der Waals surface area contributed by atoms with E-state index in [1.807, 2.05) is 0 Å². The van der Waals surface area contributed by atoms with Gasteiger partial charge in [0, 0.05) is 5.54 Å². The van der Waals surface area contributed by atoms with Crippen molar-refractivity contribution in [1.82, 2.24) is 4.90 Å². The van der Waals surface area contributed by atoms with Gasteiger partial charge in [0.05, 0.1) is 0 Å². The molecule has 1 heteroatoms. The summed E-state index contributed by atoms with van der Waals surface area (Å²) < 4.78 is 0. The Hall–Kier alpha value is -0.0400. The molecule has 4 aliphatic carbocycles. The van der Waals surface area contributed by atoms with Crippen LogP contribution in [-0.4, -0.2) is 23.5 Å². The van der Waals surface area contributed by atoms with Crippen LogP contribution in [0, 0.1) is 23.7 Å². The van der Waals surface area contributed by atoms with Gasteiger partial charge in [-0.1, -0.05) is 13.3 Å². The van der Waals surface area contributed by atoms with Crippen molar-refractivity contribution in [2.45, 2.75) is 63.8 Å². The normalized spacial score (nSPS) is 53.5. The minimum absolute atomic E-state index is 0.681. The van der Waals surface area contributed by atoms with Gasteiger partial charge in [0.25, 0.3) is 0 Å². The second-order valence-corrected chi connectivity index (χ2v) is 7.33. The van der Waals surface area contributed by atoms with Crippen LogP contribution in [0.1, 0.15) is 58.3 Å². The Balaban J connectivity index is 1.71. The van der Waals surface area contributed by atoms with Crippen molar-refractivity contribution in [1.29, 1.82) is 0 Å². The average molecular weight is 233 g/mol. The predicted molar refractivity (Wildman–Crippen MR) is 70.9 cm³/mol. The molecule has 1 nitrogen and oxygen atoms in total. The maximum absolute atomic E-state index is 2.92. The lowest BCUT2D eigenvalue weighted by Crippen LogP contribution is -2.67. The van der Waals surface area contributed by atoms with Gasteiger partial charge in [0.2, 0.25) is 0 Å². The molecule has 17 heavy (non-hydrogen) atoms. The summed E-state index contributed by atoms with van der Waals surface area (Å²) in [4.78, 5) is 2.92. The second-order valence-electron chi connectivity index (χ2n) is 7.33. The molecule has 0 aromatic carbocycles. The van der Waals surface area contributed by atoms with Gasteiger partial charge in [-0.25, -0.2) is 0 Å². The summed E-state index contributed by atoms with van der Waals surface area (Å²) in [6.45, 7) is 5.11. The van der Waals surface area contributed by atoms with Crippen LogP contribution in [0.4, 0.5) is 0 Å². The van der Waals surface area contributed by atoms with Crippen molar-refractivity contribution < 1.29 is 0 Å². The van der Waals surface area contributed by atoms with E-state index in [1.54, 1.807) is 32.1 Å². The Morgan fingerprint density at radius 2 is 1.59 bits per heavy atom. The van der Waals surface area contributed by atoms with Crippen molar-refractivity contribution in [3.05, 3.63) is 0 Å². The first-order valence-corrected chi connectivity index (χ1v) is 8.08. The fraction of sp³-hybridized carbons (Fsp3) is 1.00. The molecule has 5 rings (SSSR count). The van der Waals surface area contributed by atoms with Crippen LogP contribution < -0.4 is 0 Å². The van der Waals surface area contributed by atoms with Crippen molar-refractivity contribution in [3.8, 4) is 0 Å². The standard InChI is InChI=1S/C16H27N/c1-2-17-6-4-3-5-16(17)14-8-12-7-13(10-14)11-15(16)9-12/h12-15H,2-11H2,1H3/t12-,13-,14-,15+,16?. The maximum atomic E-state index is 2.92. The molecule has 4 bridgehead atoms. The Kier molecular flexibility index (Phi) is 2.38. The van der Waals surface area contributed by atoms with Crippen molar-refractivity contribution >= 4 is 0 Å². The fourth-order valence-corrected chi connectivity index (χ4v) is 6.45. The SMILES string of the molecule is CCN1CCCCC12[C@H]1C[C@H]3C[C@H](C1)C[C@H]2C3. The molecule has 1 spiro atoms. The van der Waals surface area contributed by atoms with E-state index in [2.05, 4.69) is 11.8 Å². The van der Waals surface area contributed by atoms with E-state index in [-0.39, 0.29) is 0 Å². The highest BCUT2D eigenvalue weighted by Crippen LogP contribution is 2.62. The fourth-order valence-electron chi connectivity index (χ4n) is 6.45. The summed E-state index contributed by atoms with van der Waals surface area (Å²) in [5.41, 5.74) is 0.681. The lowest BCUT2D eigenvalue weighted by Gasteiger charge is -2.66. The number of likely N-dealkylation sites (tertiary alicyclic amines) is 1. The molecule has 1 saturated heterocycles. The van der Waals surface area contributed by atoms with Crippen LogP contribution in [0.15, 0.2) is 0 Å². The summed E-state index contributed by atoms with van der Waals surface area (Å²) in [5.74, 6) is 4.42. The molecule has 1 aliphatic heterocycles. The van der Waals surface area contributed by atoms with E-state index in [4.69, 9.17) is 0 Å². The highest BCUT2D eigenvalue weighted by molar-refractivity contribution is 5.12. The van der Waals surface area contributed by atoms with E-state index in [9.17, 15) is 0 Å². The van der Waals surface area contributed by atoms with Gasteiger partial charge < -0.3 is 0 Å². The zero-order chi connectivity index (χ0) is 11.5. The van der Waals surface area contributed by atoms with Crippen molar-refractivity contribution in [2.24, 2.45) is 23.7 Å². The van der Waals surface area contributed by atoms with Crippen LogP contribution in [0.5, 0.6) is 0 Å². The monoisotopic (exact) mass is 233 g/mol. The molecule has 0 atom stereocenters. The van der Waals surface area contributed by atoms with Gasteiger partial charge in [-0.2, -0.15) is 0 Å². The lowest BCUT2D eigenvalue weighted by atomic mass is 9.46. The molecule has 4 saturated carbocycles. The van der Waals surface area contributed by atoms with E-state index in [0.29, 0.717) is 5.54 Å². The van der Waals surface area contributed by atoms with E-state index in [1.165, 1.54) is 32.4 Å². The van der Waals surface area contributed by atoms with Crippen LogP contribution in [0.25, 0.3) is 0 Å². The molecular weight excluding hydrogens is 206 g/mol. The Bertz CT molecular complexity index is 281. The molecule has 1 heterocycles. The molecule has 0 unspecified atom stereocenters. The Morgan fingerprint density at radius 1 is 0.941 bits per heavy atom. The first kappa shape index (κ1) is 10.8. The number of piperidine rings is 1. The van der Waals surface area contributed by atoms with Gasteiger partial charge in [0.15, 0.2) is 0 Å². The topological polar surface area (TPSA) is 3.24 Å². The average Bonchev–Trinajstić information content (AvgIpc) is 2.35. The number of hydrogen-bond acceptors (Lipinski definition) is 1. The van der Waals surface area contributed by atoms with Crippen molar-refractivity contribution in [3.63, 3.8) is 0 Å². The third-order valence-electron chi connectivity index (χ3n) is 6.78. The van der Waals surface area contributed by atoms with Gasteiger partial charge >= 0.3 is 0 Å². The molecule has 5 aliphatic rings. The molecule has 0 N–H and O–H groups in total. The van der Waals surface area contributed by atoms with E-state index >= 15 is 0 Å². The summed E-state index contributed by atoms with van der Waals surface area (Å²) >= 11 is 0. The zero-order valence-corrected chi connectivity index (χ0v) is 11.3. The van der Waals surface area contributed by atoms with E-state index in [0.717, 1.165) is 23.7 Å². The maximum Gasteiger partial charge on any atom is 0.0266 e. The number of hydrogen-bond donors (Lipinski definition) is 0. The van der Waals surface area contributed by atoms with Crippen LogP contribution >= 0.6 is 0 Å². The van der Waals surface area contributed by atoms with Crippen LogP contribution in [-0.2, 0) is 0 Å². The molecule has 5 fully saturated rings. The van der Waals surface area contributed by atoms with E-state index < -0.39 is 0 Å². The summed E-state index contributed by atoms with van der Waals surface area (Å²) in [7, 11) is 0. The quantitative estimate of drug-likeness (QED) is 0.667.